The molecule has 0 spiro atoms. The standard InChI is InChI=1S/C8H5F5N2O4/c1-18-3-2-4(15(16)17)14-7(5(3)6(9)10)19-8(11,12)13/h2,6H,1H3. The van der Waals surface area contributed by atoms with Crippen LogP contribution < -0.4 is 9.47 Å². The Morgan fingerprint density at radius 1 is 1.42 bits per heavy atom. The number of methoxy groups -OCH3 is 1. The van der Waals surface area contributed by atoms with Crippen molar-refractivity contribution in [2.24, 2.45) is 0 Å². The molecule has 0 radical (unpaired) electrons. The largest absolute Gasteiger partial charge is 0.575 e. The molecule has 0 amide bonds. The van der Waals surface area contributed by atoms with Gasteiger partial charge in [0.25, 0.3) is 6.43 Å². The lowest BCUT2D eigenvalue weighted by atomic mass is 10.2. The molecule has 0 aliphatic heterocycles. The second kappa shape index (κ2) is 5.20. The van der Waals surface area contributed by atoms with Crippen molar-refractivity contribution >= 4 is 5.82 Å². The first-order chi connectivity index (χ1) is 8.65. The molecule has 19 heavy (non-hydrogen) atoms. The Labute approximate surface area is 101 Å². The van der Waals surface area contributed by atoms with E-state index in [0.717, 1.165) is 7.11 Å². The van der Waals surface area contributed by atoms with Crippen LogP contribution in [-0.2, 0) is 0 Å². The Morgan fingerprint density at radius 2 is 2.00 bits per heavy atom. The molecule has 0 bridgehead atoms. The zero-order valence-electron chi connectivity index (χ0n) is 9.07. The summed E-state index contributed by atoms with van der Waals surface area (Å²) in [5.41, 5.74) is -1.31. The van der Waals surface area contributed by atoms with Crippen molar-refractivity contribution in [3.63, 3.8) is 0 Å². The van der Waals surface area contributed by atoms with Gasteiger partial charge in [0.15, 0.2) is 0 Å². The van der Waals surface area contributed by atoms with Crippen molar-refractivity contribution in [3.05, 3.63) is 21.7 Å². The number of nitrogens with zero attached hydrogens (tertiary/aromatic N) is 2. The molecule has 0 aliphatic rings. The average Bonchev–Trinajstić information content (AvgIpc) is 2.24. The van der Waals surface area contributed by atoms with Crippen molar-refractivity contribution < 1.29 is 36.3 Å². The van der Waals surface area contributed by atoms with Gasteiger partial charge >= 0.3 is 18.1 Å². The highest BCUT2D eigenvalue weighted by molar-refractivity contribution is 5.47. The average molecular weight is 288 g/mol. The van der Waals surface area contributed by atoms with Gasteiger partial charge in [-0.2, -0.15) is 0 Å². The third-order valence-electron chi connectivity index (χ3n) is 1.81. The van der Waals surface area contributed by atoms with Gasteiger partial charge in [-0.15, -0.1) is 13.2 Å². The van der Waals surface area contributed by atoms with Crippen LogP contribution in [0.2, 0.25) is 0 Å². The van der Waals surface area contributed by atoms with Crippen LogP contribution >= 0.6 is 0 Å². The summed E-state index contributed by atoms with van der Waals surface area (Å²) in [5.74, 6) is -3.55. The monoisotopic (exact) mass is 288 g/mol. The summed E-state index contributed by atoms with van der Waals surface area (Å²) >= 11 is 0. The zero-order valence-corrected chi connectivity index (χ0v) is 9.07. The fraction of sp³-hybridized carbons (Fsp3) is 0.375. The first-order valence-corrected chi connectivity index (χ1v) is 4.43. The second-order valence-corrected chi connectivity index (χ2v) is 3.01. The number of hydrogen-bond donors (Lipinski definition) is 0. The van der Waals surface area contributed by atoms with Crippen LogP contribution in [0.1, 0.15) is 12.0 Å². The lowest BCUT2D eigenvalue weighted by Crippen LogP contribution is -2.19. The van der Waals surface area contributed by atoms with Gasteiger partial charge in [0, 0.05) is 4.98 Å². The van der Waals surface area contributed by atoms with E-state index in [2.05, 4.69) is 14.5 Å². The maximum absolute atomic E-state index is 12.6. The fourth-order valence-electron chi connectivity index (χ4n) is 1.15. The molecule has 1 heterocycles. The van der Waals surface area contributed by atoms with Crippen molar-refractivity contribution in [3.8, 4) is 11.6 Å². The van der Waals surface area contributed by atoms with E-state index < -0.39 is 40.7 Å². The minimum atomic E-state index is -5.32. The van der Waals surface area contributed by atoms with E-state index >= 15 is 0 Å². The molecule has 1 aromatic rings. The van der Waals surface area contributed by atoms with Crippen LogP contribution in [0, 0.1) is 10.1 Å². The van der Waals surface area contributed by atoms with Gasteiger partial charge in [-0.25, -0.2) is 8.78 Å². The summed E-state index contributed by atoms with van der Waals surface area (Å²) in [7, 11) is 0.863. The van der Waals surface area contributed by atoms with Gasteiger partial charge in [-0.05, 0) is 4.92 Å². The summed E-state index contributed by atoms with van der Waals surface area (Å²) in [6.45, 7) is 0. The Bertz CT molecular complexity index is 491. The maximum atomic E-state index is 12.6. The van der Waals surface area contributed by atoms with E-state index in [1.165, 1.54) is 0 Å². The van der Waals surface area contributed by atoms with Crippen molar-refractivity contribution in [2.75, 3.05) is 7.11 Å². The molecule has 0 fully saturated rings. The third-order valence-corrected chi connectivity index (χ3v) is 1.81. The first-order valence-electron chi connectivity index (χ1n) is 4.43. The van der Waals surface area contributed by atoms with Gasteiger partial charge < -0.3 is 19.6 Å². The van der Waals surface area contributed by atoms with E-state index in [0.29, 0.717) is 6.07 Å². The van der Waals surface area contributed by atoms with Gasteiger partial charge in [0.2, 0.25) is 0 Å². The Kier molecular flexibility index (Phi) is 4.07. The van der Waals surface area contributed by atoms with Crippen molar-refractivity contribution in [1.82, 2.24) is 4.98 Å². The Balaban J connectivity index is 3.45. The third kappa shape index (κ3) is 3.63. The lowest BCUT2D eigenvalue weighted by molar-refractivity contribution is -0.390. The molecule has 6 nitrogen and oxygen atoms in total. The van der Waals surface area contributed by atoms with E-state index in [-0.39, 0.29) is 0 Å². The predicted octanol–water partition coefficient (Wildman–Crippen LogP) is 2.83. The topological polar surface area (TPSA) is 74.5 Å². The maximum Gasteiger partial charge on any atom is 0.575 e. The SMILES string of the molecule is COc1cc([N+](=O)[O-])nc(OC(F)(F)F)c1C(F)F. The molecule has 1 rings (SSSR count). The molecular formula is C8H5F5N2O4. The van der Waals surface area contributed by atoms with Crippen LogP contribution in [0.5, 0.6) is 11.6 Å². The van der Waals surface area contributed by atoms with Crippen molar-refractivity contribution in [2.45, 2.75) is 12.8 Å². The number of halogens is 5. The van der Waals surface area contributed by atoms with Crippen LogP contribution in [-0.4, -0.2) is 23.4 Å². The number of rotatable bonds is 4. The van der Waals surface area contributed by atoms with E-state index in [1.54, 1.807) is 0 Å². The number of hydrogen-bond acceptors (Lipinski definition) is 5. The molecule has 0 unspecified atom stereocenters. The molecule has 0 aliphatic carbocycles. The molecule has 0 atom stereocenters. The highest BCUT2D eigenvalue weighted by atomic mass is 19.4. The molecule has 106 valence electrons. The summed E-state index contributed by atoms with van der Waals surface area (Å²) in [4.78, 5) is 12.1. The van der Waals surface area contributed by atoms with Crippen LogP contribution in [0.15, 0.2) is 6.07 Å². The summed E-state index contributed by atoms with van der Waals surface area (Å²) in [5, 5.41) is 10.4. The quantitative estimate of drug-likeness (QED) is 0.484. The van der Waals surface area contributed by atoms with Gasteiger partial charge in [0.05, 0.1) is 13.2 Å². The number of ether oxygens (including phenoxy) is 2. The van der Waals surface area contributed by atoms with E-state index in [4.69, 9.17) is 0 Å². The number of aromatic nitrogens is 1. The van der Waals surface area contributed by atoms with Crippen LogP contribution in [0.3, 0.4) is 0 Å². The molecule has 0 saturated heterocycles. The summed E-state index contributed by atoms with van der Waals surface area (Å²) in [6.07, 6.45) is -8.74. The highest BCUT2D eigenvalue weighted by Gasteiger charge is 2.39. The fourth-order valence-corrected chi connectivity index (χ4v) is 1.15. The predicted molar refractivity (Wildman–Crippen MR) is 49.1 cm³/mol. The molecule has 1 aromatic heterocycles. The molecule has 11 heteroatoms. The Hall–Kier alpha value is -2.20. The molecule has 0 saturated carbocycles. The number of nitro groups is 1. The van der Waals surface area contributed by atoms with E-state index in [9.17, 15) is 32.1 Å². The summed E-state index contributed by atoms with van der Waals surface area (Å²) < 4.78 is 69.0. The first kappa shape index (κ1) is 14.9. The number of alkyl halides is 5. The van der Waals surface area contributed by atoms with Crippen LogP contribution in [0.25, 0.3) is 0 Å². The van der Waals surface area contributed by atoms with Gasteiger partial charge in [0.1, 0.15) is 11.3 Å². The van der Waals surface area contributed by atoms with Gasteiger partial charge in [-0.3, -0.25) is 0 Å². The van der Waals surface area contributed by atoms with Gasteiger partial charge in [-0.1, -0.05) is 0 Å². The Morgan fingerprint density at radius 3 is 2.37 bits per heavy atom. The minimum Gasteiger partial charge on any atom is -0.496 e. The lowest BCUT2D eigenvalue weighted by Gasteiger charge is -2.11. The van der Waals surface area contributed by atoms with Crippen molar-refractivity contribution in [1.29, 1.82) is 0 Å². The second-order valence-electron chi connectivity index (χ2n) is 3.01. The minimum absolute atomic E-state index is 0.477. The van der Waals surface area contributed by atoms with E-state index in [1.807, 2.05) is 0 Å². The molecule has 0 N–H and O–H groups in total. The zero-order chi connectivity index (χ0) is 14.8. The highest BCUT2D eigenvalue weighted by Crippen LogP contribution is 2.39. The summed E-state index contributed by atoms with van der Waals surface area (Å²) in [6, 6.07) is 0.477. The molecule has 0 aromatic carbocycles. The molecular weight excluding hydrogens is 283 g/mol. The number of pyridine rings is 1. The smallest absolute Gasteiger partial charge is 0.496 e. The normalized spacial score (nSPS) is 11.5. The van der Waals surface area contributed by atoms with Crippen LogP contribution in [0.4, 0.5) is 27.8 Å².